The van der Waals surface area contributed by atoms with E-state index in [9.17, 15) is 4.79 Å². The average molecular weight is 296 g/mol. The molecule has 1 aromatic heterocycles. The molecule has 0 saturated carbocycles. The molecule has 1 unspecified atom stereocenters. The number of amides is 1. The van der Waals surface area contributed by atoms with Crippen LogP contribution in [0.2, 0.25) is 0 Å². The van der Waals surface area contributed by atoms with Gasteiger partial charge in [0.15, 0.2) is 0 Å². The van der Waals surface area contributed by atoms with E-state index in [1.165, 1.54) is 29.7 Å². The maximum absolute atomic E-state index is 12.0. The van der Waals surface area contributed by atoms with Crippen LogP contribution in [0.3, 0.4) is 0 Å². The van der Waals surface area contributed by atoms with Gasteiger partial charge in [0.2, 0.25) is 5.91 Å². The Morgan fingerprint density at radius 1 is 1.45 bits per heavy atom. The fraction of sp³-hybridized carbons (Fsp3) is 0.688. The van der Waals surface area contributed by atoms with Crippen LogP contribution in [0.15, 0.2) is 11.4 Å². The molecule has 0 saturated heterocycles. The van der Waals surface area contributed by atoms with E-state index in [1.807, 2.05) is 7.05 Å². The molecule has 0 aromatic carbocycles. The minimum Gasteiger partial charge on any atom is -0.353 e. The summed E-state index contributed by atoms with van der Waals surface area (Å²) in [5.41, 5.74) is 1.31. The Bertz CT molecular complexity index is 403. The van der Waals surface area contributed by atoms with Crippen molar-refractivity contribution in [1.82, 2.24) is 10.2 Å². The first kappa shape index (κ1) is 17.2. The summed E-state index contributed by atoms with van der Waals surface area (Å²) in [6.07, 6.45) is 4.75. The Morgan fingerprint density at radius 3 is 2.80 bits per heavy atom. The van der Waals surface area contributed by atoms with Crippen molar-refractivity contribution in [2.45, 2.75) is 59.0 Å². The summed E-state index contributed by atoms with van der Waals surface area (Å²) in [5, 5.41) is 5.19. The Balaban J connectivity index is 2.25. The van der Waals surface area contributed by atoms with Gasteiger partial charge in [0, 0.05) is 17.5 Å². The van der Waals surface area contributed by atoms with Gasteiger partial charge >= 0.3 is 0 Å². The van der Waals surface area contributed by atoms with Gasteiger partial charge in [-0.2, -0.15) is 0 Å². The molecule has 4 heteroatoms. The predicted molar refractivity (Wildman–Crippen MR) is 87.1 cm³/mol. The third kappa shape index (κ3) is 6.53. The number of hydrogen-bond acceptors (Lipinski definition) is 3. The van der Waals surface area contributed by atoms with Crippen molar-refractivity contribution in [1.29, 1.82) is 0 Å². The van der Waals surface area contributed by atoms with Crippen LogP contribution < -0.4 is 5.32 Å². The first-order chi connectivity index (χ1) is 9.52. The molecule has 1 aromatic rings. The van der Waals surface area contributed by atoms with Crippen LogP contribution in [-0.4, -0.2) is 30.4 Å². The standard InChI is InChI=1S/C16H28N2OS/c1-5-6-7-8-14(3)17-16(19)12-18(4)11-15-13(2)9-10-20-15/h9-10,14H,5-8,11-12H2,1-4H3,(H,17,19). The monoisotopic (exact) mass is 296 g/mol. The smallest absolute Gasteiger partial charge is 0.234 e. The zero-order chi connectivity index (χ0) is 15.0. The van der Waals surface area contributed by atoms with Crippen molar-refractivity contribution in [3.8, 4) is 0 Å². The maximum atomic E-state index is 12.0. The second-order valence-electron chi connectivity index (χ2n) is 5.66. The number of nitrogens with one attached hydrogen (secondary N) is 1. The molecular formula is C16H28N2OS. The van der Waals surface area contributed by atoms with Crippen LogP contribution in [0.25, 0.3) is 0 Å². The van der Waals surface area contributed by atoms with Gasteiger partial charge in [0.05, 0.1) is 6.54 Å². The summed E-state index contributed by atoms with van der Waals surface area (Å²) in [7, 11) is 2.00. The van der Waals surface area contributed by atoms with Crippen molar-refractivity contribution in [3.63, 3.8) is 0 Å². The number of hydrogen-bond donors (Lipinski definition) is 1. The molecular weight excluding hydrogens is 268 g/mol. The molecule has 1 atom stereocenters. The largest absolute Gasteiger partial charge is 0.353 e. The van der Waals surface area contributed by atoms with Crippen LogP contribution in [0.5, 0.6) is 0 Å². The molecule has 114 valence electrons. The topological polar surface area (TPSA) is 32.3 Å². The summed E-state index contributed by atoms with van der Waals surface area (Å²) in [6, 6.07) is 2.41. The minimum atomic E-state index is 0.130. The van der Waals surface area contributed by atoms with E-state index in [4.69, 9.17) is 0 Å². The lowest BCUT2D eigenvalue weighted by Gasteiger charge is -2.18. The summed E-state index contributed by atoms with van der Waals surface area (Å²) >= 11 is 1.76. The van der Waals surface area contributed by atoms with Crippen LogP contribution in [-0.2, 0) is 11.3 Å². The van der Waals surface area contributed by atoms with E-state index in [0.29, 0.717) is 6.54 Å². The van der Waals surface area contributed by atoms with E-state index in [1.54, 1.807) is 11.3 Å². The van der Waals surface area contributed by atoms with E-state index >= 15 is 0 Å². The van der Waals surface area contributed by atoms with Crippen LogP contribution in [0.1, 0.15) is 50.0 Å². The van der Waals surface area contributed by atoms with Gasteiger partial charge in [0.25, 0.3) is 0 Å². The number of nitrogens with zero attached hydrogens (tertiary/aromatic N) is 1. The lowest BCUT2D eigenvalue weighted by Crippen LogP contribution is -2.39. The van der Waals surface area contributed by atoms with Crippen molar-refractivity contribution in [3.05, 3.63) is 21.9 Å². The average Bonchev–Trinajstić information content (AvgIpc) is 2.74. The first-order valence-corrected chi connectivity index (χ1v) is 8.41. The molecule has 1 heterocycles. The summed E-state index contributed by atoms with van der Waals surface area (Å²) < 4.78 is 0. The molecule has 0 spiro atoms. The first-order valence-electron chi connectivity index (χ1n) is 7.53. The SMILES string of the molecule is CCCCCC(C)NC(=O)CN(C)Cc1sccc1C. The van der Waals surface area contributed by atoms with E-state index in [2.05, 4.69) is 42.4 Å². The van der Waals surface area contributed by atoms with Gasteiger partial charge in [-0.05, 0) is 44.3 Å². The molecule has 0 fully saturated rings. The molecule has 0 aliphatic rings. The molecule has 1 amide bonds. The number of aryl methyl sites for hydroxylation is 1. The van der Waals surface area contributed by atoms with E-state index in [0.717, 1.165) is 13.0 Å². The van der Waals surface area contributed by atoms with Crippen LogP contribution in [0, 0.1) is 6.92 Å². The second-order valence-corrected chi connectivity index (χ2v) is 6.66. The van der Waals surface area contributed by atoms with Crippen LogP contribution >= 0.6 is 11.3 Å². The van der Waals surface area contributed by atoms with Crippen molar-refractivity contribution in [2.75, 3.05) is 13.6 Å². The number of rotatable bonds is 9. The highest BCUT2D eigenvalue weighted by molar-refractivity contribution is 7.10. The van der Waals surface area contributed by atoms with Crippen molar-refractivity contribution >= 4 is 17.2 Å². The molecule has 1 rings (SSSR count). The fourth-order valence-corrected chi connectivity index (χ4v) is 3.19. The zero-order valence-corrected chi connectivity index (χ0v) is 14.1. The van der Waals surface area contributed by atoms with Gasteiger partial charge in [-0.3, -0.25) is 9.69 Å². The normalized spacial score (nSPS) is 12.7. The highest BCUT2D eigenvalue weighted by atomic mass is 32.1. The van der Waals surface area contributed by atoms with Crippen molar-refractivity contribution < 1.29 is 4.79 Å². The van der Waals surface area contributed by atoms with E-state index in [-0.39, 0.29) is 11.9 Å². The van der Waals surface area contributed by atoms with Gasteiger partial charge in [-0.1, -0.05) is 26.2 Å². The Morgan fingerprint density at radius 2 is 2.20 bits per heavy atom. The molecule has 20 heavy (non-hydrogen) atoms. The number of carbonyl (C=O) groups excluding carboxylic acids is 1. The Kier molecular flexibility index (Phi) is 7.85. The molecule has 3 nitrogen and oxygen atoms in total. The number of carbonyl (C=O) groups is 1. The highest BCUT2D eigenvalue weighted by Gasteiger charge is 2.11. The molecule has 0 aliphatic carbocycles. The minimum absolute atomic E-state index is 0.130. The second kappa shape index (κ2) is 9.14. The number of likely N-dealkylation sites (N-methyl/N-ethyl adjacent to an activating group) is 1. The number of unbranched alkanes of at least 4 members (excludes halogenated alkanes) is 2. The van der Waals surface area contributed by atoms with Gasteiger partial charge in [-0.15, -0.1) is 11.3 Å². The summed E-state index contributed by atoms with van der Waals surface area (Å²) in [6.45, 7) is 7.73. The Hall–Kier alpha value is -0.870. The fourth-order valence-electron chi connectivity index (χ4n) is 2.21. The molecule has 1 N–H and O–H groups in total. The molecule has 0 bridgehead atoms. The van der Waals surface area contributed by atoms with Crippen LogP contribution in [0.4, 0.5) is 0 Å². The predicted octanol–water partition coefficient (Wildman–Crippen LogP) is 3.57. The maximum Gasteiger partial charge on any atom is 0.234 e. The summed E-state index contributed by atoms with van der Waals surface area (Å²) in [5.74, 6) is 0.130. The lowest BCUT2D eigenvalue weighted by atomic mass is 10.1. The van der Waals surface area contributed by atoms with Gasteiger partial charge in [-0.25, -0.2) is 0 Å². The quantitative estimate of drug-likeness (QED) is 0.707. The molecule has 0 aliphatic heterocycles. The lowest BCUT2D eigenvalue weighted by molar-refractivity contribution is -0.122. The van der Waals surface area contributed by atoms with Gasteiger partial charge < -0.3 is 5.32 Å². The summed E-state index contributed by atoms with van der Waals surface area (Å²) in [4.78, 5) is 15.4. The highest BCUT2D eigenvalue weighted by Crippen LogP contribution is 2.16. The van der Waals surface area contributed by atoms with Gasteiger partial charge in [0.1, 0.15) is 0 Å². The molecule has 0 radical (unpaired) electrons. The van der Waals surface area contributed by atoms with Crippen molar-refractivity contribution in [2.24, 2.45) is 0 Å². The Labute approximate surface area is 127 Å². The third-order valence-corrected chi connectivity index (χ3v) is 4.45. The zero-order valence-electron chi connectivity index (χ0n) is 13.2. The number of thiophene rings is 1. The third-order valence-electron chi connectivity index (χ3n) is 3.44. The van der Waals surface area contributed by atoms with E-state index < -0.39 is 0 Å².